The fraction of sp³-hybridized carbons (Fsp3) is 0.491. The van der Waals surface area contributed by atoms with E-state index in [1.807, 2.05) is 61.5 Å². The van der Waals surface area contributed by atoms with E-state index in [1.165, 1.54) is 135 Å². The molecule has 6 N–H and O–H groups in total. The van der Waals surface area contributed by atoms with E-state index in [1.54, 1.807) is 6.07 Å². The van der Waals surface area contributed by atoms with E-state index in [0.29, 0.717) is 58.1 Å². The normalized spacial score (nSPS) is 20.4. The smallest absolute Gasteiger partial charge is 0.373 e. The first-order valence-corrected chi connectivity index (χ1v) is 52.2. The number of carboxylic acids is 2. The van der Waals surface area contributed by atoms with Crippen molar-refractivity contribution in [1.82, 2.24) is 39.2 Å². The van der Waals surface area contributed by atoms with Gasteiger partial charge < -0.3 is 51.1 Å². The molecule has 0 aromatic heterocycles. The molecule has 0 aliphatic carbocycles. The molecule has 0 amide bonds. The monoisotopic (exact) mass is 2070 g/mol. The van der Waals surface area contributed by atoms with Crippen molar-refractivity contribution < 1.29 is 39.0 Å². The number of carboxylic acid groups (broad SMARTS) is 2. The second kappa shape index (κ2) is 56.6. The average Bonchev–Trinajstić information content (AvgIpc) is 0.818. The molecule has 0 bridgehead atoms. The number of carbonyl (C=O) groups is 2. The van der Waals surface area contributed by atoms with Crippen LogP contribution in [0.25, 0.3) is 11.1 Å². The van der Waals surface area contributed by atoms with Gasteiger partial charge in [0.1, 0.15) is 0 Å². The summed E-state index contributed by atoms with van der Waals surface area (Å²) in [5, 5.41) is 38.8. The number of nitrogens with zero attached hydrogens (tertiary/aromatic N) is 8. The Balaban J connectivity index is 0.000000187. The summed E-state index contributed by atoms with van der Waals surface area (Å²) in [7, 11) is 4.50. The van der Waals surface area contributed by atoms with Crippen LogP contribution in [0.3, 0.4) is 0 Å². The van der Waals surface area contributed by atoms with Gasteiger partial charge in [0.2, 0.25) is 0 Å². The molecule has 8 heterocycles. The molecule has 0 radical (unpaired) electrons. The van der Waals surface area contributed by atoms with Crippen LogP contribution in [0.1, 0.15) is 235 Å². The van der Waals surface area contributed by atoms with Crippen LogP contribution in [0.15, 0.2) is 158 Å². The van der Waals surface area contributed by atoms with Crippen molar-refractivity contribution in [3.8, 4) is 0 Å². The molecule has 6 saturated heterocycles. The highest BCUT2D eigenvalue weighted by molar-refractivity contribution is 6.36. The summed E-state index contributed by atoms with van der Waals surface area (Å²) < 4.78 is 0. The summed E-state index contributed by atoms with van der Waals surface area (Å²) in [5.74, 6) is -0.302. The van der Waals surface area contributed by atoms with Gasteiger partial charge in [-0.05, 0) is 368 Å². The summed E-state index contributed by atoms with van der Waals surface area (Å²) >= 11 is 58.1. The van der Waals surface area contributed by atoms with Crippen molar-refractivity contribution in [3.63, 3.8) is 0 Å². The second-order valence-corrected chi connectivity index (χ2v) is 42.1. The number of halogens is 9. The number of benzene rings is 8. The van der Waals surface area contributed by atoms with Gasteiger partial charge in [-0.25, -0.2) is 0 Å². The van der Waals surface area contributed by atoms with E-state index in [2.05, 4.69) is 213 Å². The van der Waals surface area contributed by atoms with E-state index in [9.17, 15) is 9.59 Å². The van der Waals surface area contributed by atoms with Gasteiger partial charge >= 0.3 is 24.2 Å². The predicted octanol–water partition coefficient (Wildman–Crippen LogP) is 26.3. The van der Waals surface area contributed by atoms with Gasteiger partial charge in [0.05, 0.1) is 79.8 Å². The van der Waals surface area contributed by atoms with Gasteiger partial charge in [-0.15, -0.1) is 0 Å². The van der Waals surface area contributed by atoms with E-state index >= 15 is 0 Å². The largest absolute Gasteiger partial charge is 0.481 e. The lowest BCUT2D eigenvalue weighted by atomic mass is 9.88. The number of piperidine rings is 6. The quantitative estimate of drug-likeness (QED) is 0.0297. The molecule has 752 valence electrons. The van der Waals surface area contributed by atoms with Gasteiger partial charge in [-0.1, -0.05) is 191 Å². The van der Waals surface area contributed by atoms with Crippen LogP contribution < -0.4 is 21.3 Å². The minimum absolute atomic E-state index is 0. The van der Waals surface area contributed by atoms with Crippen LogP contribution in [0, 0.1) is 20.8 Å². The summed E-state index contributed by atoms with van der Waals surface area (Å²) in [5.41, 5.74) is 19.4. The predicted molar refractivity (Wildman–Crippen MR) is 576 cm³/mol. The number of hydrogen-bond acceptors (Lipinski definition) is 18. The number of anilines is 4. The molecule has 8 aromatic carbocycles. The van der Waals surface area contributed by atoms with Gasteiger partial charge in [0.15, 0.2) is 0 Å². The third-order valence-corrected chi connectivity index (χ3v) is 31.3. The second-order valence-electron chi connectivity index (χ2n) is 38.4. The number of likely N-dealkylation sites (N-methyl/N-ethyl adjacent to an activating group) is 2. The molecule has 8 atom stereocenters. The molecule has 139 heavy (non-hydrogen) atoms. The van der Waals surface area contributed by atoms with Crippen molar-refractivity contribution in [1.29, 1.82) is 0 Å². The molecule has 0 spiro atoms. The van der Waals surface area contributed by atoms with Gasteiger partial charge in [0.25, 0.3) is 0 Å². The minimum Gasteiger partial charge on any atom is -0.481 e. The first-order valence-electron chi connectivity index (χ1n) is 48.8. The van der Waals surface area contributed by atoms with E-state index < -0.39 is 11.9 Å². The molecular formula is C110H141Cl9N12O8. The first kappa shape index (κ1) is 113. The Morgan fingerprint density at radius 3 is 0.978 bits per heavy atom. The summed E-state index contributed by atoms with van der Waals surface area (Å²) in [6.07, 6.45) is 22.4. The van der Waals surface area contributed by atoms with Gasteiger partial charge in [0, 0.05) is 115 Å². The maximum atomic E-state index is 10.9. The van der Waals surface area contributed by atoms with E-state index in [4.69, 9.17) is 134 Å². The van der Waals surface area contributed by atoms with E-state index in [0.717, 1.165) is 191 Å². The van der Waals surface area contributed by atoms with Crippen molar-refractivity contribution in [2.24, 2.45) is 0 Å². The maximum absolute atomic E-state index is 10.9. The molecule has 20 nitrogen and oxygen atoms in total. The fourth-order valence-electron chi connectivity index (χ4n) is 20.7. The number of likely N-dealkylation sites (tertiary alicyclic amines) is 6. The lowest BCUT2D eigenvalue weighted by molar-refractivity contribution is -0.193. The molecule has 8 aliphatic rings. The van der Waals surface area contributed by atoms with E-state index in [-0.39, 0.29) is 56.7 Å². The number of aliphatic carboxylic acids is 2. The zero-order valence-electron chi connectivity index (χ0n) is 81.1. The first-order chi connectivity index (χ1) is 66.2. The van der Waals surface area contributed by atoms with Crippen LogP contribution in [0.4, 0.5) is 22.7 Å². The lowest BCUT2D eigenvalue weighted by Crippen LogP contribution is -2.50. The molecular weight excluding hydrogens is 1940 g/mol. The molecule has 8 aliphatic heterocycles. The van der Waals surface area contributed by atoms with Crippen LogP contribution in [0.2, 0.25) is 45.2 Å². The molecule has 16 rings (SSSR count). The number of carbonyl (C=O) groups excluding carboxylic acids is 4. The highest BCUT2D eigenvalue weighted by Gasteiger charge is 2.34. The van der Waals surface area contributed by atoms with Crippen LogP contribution in [0.5, 0.6) is 0 Å². The van der Waals surface area contributed by atoms with Crippen molar-refractivity contribution in [3.05, 3.63) is 264 Å². The third kappa shape index (κ3) is 34.3. The zero-order valence-corrected chi connectivity index (χ0v) is 88.0. The molecule has 0 saturated carbocycles. The number of nitrogens with one attached hydrogen (secondary N) is 4. The highest BCUT2D eigenvalue weighted by Crippen LogP contribution is 2.43. The van der Waals surface area contributed by atoms with Crippen molar-refractivity contribution >= 4 is 163 Å². The summed E-state index contributed by atoms with van der Waals surface area (Å²) in [6, 6.07) is 52.2. The zero-order chi connectivity index (χ0) is 99.2. The van der Waals surface area contributed by atoms with Crippen LogP contribution in [-0.2, 0) is 28.8 Å². The number of rotatable bonds is 26. The lowest BCUT2D eigenvalue weighted by Gasteiger charge is -2.42. The Labute approximate surface area is 870 Å². The van der Waals surface area contributed by atoms with Crippen molar-refractivity contribution in [2.75, 3.05) is 153 Å². The highest BCUT2D eigenvalue weighted by atomic mass is 35.5. The van der Waals surface area contributed by atoms with Crippen LogP contribution in [-0.4, -0.2) is 230 Å². The Bertz CT molecular complexity index is 5460. The SMILES string of the molecule is C.CC(Nc1cc(C2=CCN([C@H]3CCCN(CCC(=O)O)C3)CC2)ccc1Cl)c1ccc(Cl)cc1Cl.Cc1ccc(C(C)Nc2cc(C3=CCN([C@H]4CCCN(C)C4)CC3)ccc2Cl)c(Cl)c1.Cc1ccc(C(C)Nc2cc(C3CCN([C@H]4CCCN(C)C4)CC3)ccc2Cl)c(Cl)c1.Cc1ccc(C(C)Nc2cc(C3CCN([C@H]4CCCN(CCC(=O)O)C4)CC3)ccc2Cl)c(Cl)c1.O=C=O.O=C=O. The number of hydrogen-bond donors (Lipinski definition) is 6. The topological polar surface area (TPSA) is 217 Å². The molecule has 4 unspecified atom stereocenters. The minimum atomic E-state index is -0.722. The van der Waals surface area contributed by atoms with Gasteiger partial charge in [-0.3, -0.25) is 29.2 Å². The van der Waals surface area contributed by atoms with Gasteiger partial charge in [-0.2, -0.15) is 19.2 Å². The molecule has 8 aromatic rings. The Hall–Kier alpha value is -7.57. The average molecular weight is 2080 g/mol. The standard InChI is InChI=1S/C28H37Cl2N3O2.C27H32Cl3N3O2.C26H35Cl2N3.C26H33Cl2N3.2CO2.CH4/c1-19-5-7-24(26(30)16-19)20(2)31-27-17-22(6-8-25(27)29)21-9-14-33(15-10-21)23-4-3-12-32(18-23)13-11-28(34)35;1-18(23-6-5-21(28)16-25(23)30)31-26-15-20(4-7-24(26)29)19-8-13-33(14-9-19)22-3-2-11-32(17-22)12-10-27(34)35;2*1-18-6-8-23(25(28)15-18)19(2)29-26-16-21(7-9-24(26)27)20-10-13-31(14-11-20)22-5-4-12-30(3)17-22;2*2-1-3;/h5-8,16-17,20-21,23,31H,3-4,9-15,18H2,1-2H3,(H,34,35);4-8,15-16,18,22,31H,2-3,9-14,17H2,1H3,(H,34,35);6-9,15-16,19-20,22,29H,4-5,10-14,17H2,1-3H3;6-10,15-16,19,22,29H,4-5,11-14,17H2,1-3H3;;;1H4/t20?,23-;18?,22-;2*19?,22-;;;/m0000.../s1. The van der Waals surface area contributed by atoms with Crippen molar-refractivity contribution in [2.45, 2.75) is 219 Å². The van der Waals surface area contributed by atoms with Crippen LogP contribution >= 0.6 is 104 Å². The Morgan fingerprint density at radius 2 is 0.662 bits per heavy atom. The third-order valence-electron chi connectivity index (χ3n) is 28.4. The summed E-state index contributed by atoms with van der Waals surface area (Å²) in [6.45, 7) is 33.4. The Morgan fingerprint density at radius 1 is 0.360 bits per heavy atom. The molecule has 6 fully saturated rings. The maximum Gasteiger partial charge on any atom is 0.373 e. The number of aryl methyl sites for hydroxylation is 3. The molecule has 29 heteroatoms. The Kier molecular flexibility index (Phi) is 46.2. The fourth-order valence-corrected chi connectivity index (χ4v) is 23.2. The summed E-state index contributed by atoms with van der Waals surface area (Å²) in [4.78, 5) is 74.5.